The van der Waals surface area contributed by atoms with E-state index < -0.39 is 0 Å². The Kier molecular flexibility index (Phi) is 5.14. The number of rotatable bonds is 4. The number of ketones is 1. The molecule has 5 heteroatoms. The fourth-order valence-corrected chi connectivity index (χ4v) is 2.92. The van der Waals surface area contributed by atoms with Crippen LogP contribution in [0.3, 0.4) is 0 Å². The monoisotopic (exact) mass is 339 g/mol. The van der Waals surface area contributed by atoms with Crippen LogP contribution in [0.5, 0.6) is 5.75 Å². The van der Waals surface area contributed by atoms with Gasteiger partial charge in [-0.1, -0.05) is 18.2 Å². The van der Waals surface area contributed by atoms with Gasteiger partial charge in [0.1, 0.15) is 5.75 Å². The largest absolute Gasteiger partial charge is 0.508 e. The molecule has 0 bridgehead atoms. The second-order valence-electron chi connectivity index (χ2n) is 6.16. The van der Waals surface area contributed by atoms with Gasteiger partial charge in [-0.05, 0) is 42.3 Å². The van der Waals surface area contributed by atoms with Crippen LogP contribution in [0.25, 0.3) is 0 Å². The van der Waals surface area contributed by atoms with Crippen molar-refractivity contribution < 1.29 is 19.4 Å². The van der Waals surface area contributed by atoms with Crippen molar-refractivity contribution in [2.45, 2.75) is 13.3 Å². The molecule has 1 heterocycles. The highest BCUT2D eigenvalue weighted by Gasteiger charge is 2.22. The summed E-state index contributed by atoms with van der Waals surface area (Å²) in [6.45, 7) is 3.97. The van der Waals surface area contributed by atoms with Crippen molar-refractivity contribution in [2.75, 3.05) is 26.3 Å². The fourth-order valence-electron chi connectivity index (χ4n) is 2.92. The van der Waals surface area contributed by atoms with Crippen LogP contribution in [0.15, 0.2) is 42.5 Å². The summed E-state index contributed by atoms with van der Waals surface area (Å²) in [6.07, 6.45) is 0.149. The average molecular weight is 339 g/mol. The number of amides is 1. The number of benzene rings is 2. The molecule has 0 aromatic heterocycles. The third-order valence-corrected chi connectivity index (χ3v) is 4.42. The van der Waals surface area contributed by atoms with Gasteiger partial charge in [0.25, 0.3) is 5.91 Å². The summed E-state index contributed by atoms with van der Waals surface area (Å²) in [6, 6.07) is 12.0. The minimum absolute atomic E-state index is 0.0615. The molecule has 0 radical (unpaired) electrons. The number of hydrogen-bond acceptors (Lipinski definition) is 4. The molecule has 0 spiro atoms. The smallest absolute Gasteiger partial charge is 0.254 e. The lowest BCUT2D eigenvalue weighted by molar-refractivity contribution is 0.0302. The van der Waals surface area contributed by atoms with E-state index in [0.717, 1.165) is 5.56 Å². The molecule has 5 nitrogen and oxygen atoms in total. The van der Waals surface area contributed by atoms with Gasteiger partial charge in [0, 0.05) is 30.6 Å². The lowest BCUT2D eigenvalue weighted by Gasteiger charge is -2.27. The highest BCUT2D eigenvalue weighted by atomic mass is 16.5. The Morgan fingerprint density at radius 1 is 1.12 bits per heavy atom. The van der Waals surface area contributed by atoms with Crippen molar-refractivity contribution in [1.82, 2.24) is 4.90 Å². The summed E-state index contributed by atoms with van der Waals surface area (Å²) in [7, 11) is 0. The standard InChI is InChI=1S/C20H21NO4/c1-14-12-16(6-7-18(14)22)19(23)13-15-4-2-3-5-17(15)20(24)21-8-10-25-11-9-21/h2-7,12,22H,8-11,13H2,1H3. The molecule has 0 atom stereocenters. The summed E-state index contributed by atoms with van der Waals surface area (Å²) in [5.74, 6) is 0.0263. The molecule has 0 unspecified atom stereocenters. The van der Waals surface area contributed by atoms with E-state index in [1.165, 1.54) is 6.07 Å². The predicted octanol–water partition coefficient (Wildman–Crippen LogP) is 2.60. The topological polar surface area (TPSA) is 66.8 Å². The van der Waals surface area contributed by atoms with Crippen LogP contribution in [-0.4, -0.2) is 48.0 Å². The maximum absolute atomic E-state index is 12.8. The van der Waals surface area contributed by atoms with Crippen molar-refractivity contribution >= 4 is 11.7 Å². The van der Waals surface area contributed by atoms with Crippen LogP contribution < -0.4 is 0 Å². The molecule has 1 amide bonds. The second kappa shape index (κ2) is 7.49. The summed E-state index contributed by atoms with van der Waals surface area (Å²) in [5, 5.41) is 9.60. The Balaban J connectivity index is 1.81. The van der Waals surface area contributed by atoms with Gasteiger partial charge in [0.15, 0.2) is 5.78 Å². The van der Waals surface area contributed by atoms with E-state index in [1.807, 2.05) is 18.2 Å². The van der Waals surface area contributed by atoms with Gasteiger partial charge in [0.05, 0.1) is 13.2 Å². The third-order valence-electron chi connectivity index (χ3n) is 4.42. The lowest BCUT2D eigenvalue weighted by atomic mass is 9.97. The first kappa shape index (κ1) is 17.2. The first-order chi connectivity index (χ1) is 12.1. The Hall–Kier alpha value is -2.66. The van der Waals surface area contributed by atoms with Gasteiger partial charge >= 0.3 is 0 Å². The molecule has 1 aliphatic rings. The van der Waals surface area contributed by atoms with E-state index in [0.29, 0.717) is 43.0 Å². The first-order valence-corrected chi connectivity index (χ1v) is 8.34. The quantitative estimate of drug-likeness (QED) is 0.870. The molecule has 0 saturated carbocycles. The predicted molar refractivity (Wildman–Crippen MR) is 94.0 cm³/mol. The van der Waals surface area contributed by atoms with Gasteiger partial charge in [-0.15, -0.1) is 0 Å². The normalized spacial score (nSPS) is 14.4. The lowest BCUT2D eigenvalue weighted by Crippen LogP contribution is -2.41. The number of aryl methyl sites for hydroxylation is 1. The number of phenols is 1. The zero-order chi connectivity index (χ0) is 17.8. The van der Waals surface area contributed by atoms with Crippen molar-refractivity contribution in [3.05, 3.63) is 64.7 Å². The third kappa shape index (κ3) is 3.88. The van der Waals surface area contributed by atoms with Crippen molar-refractivity contribution in [3.63, 3.8) is 0 Å². The fraction of sp³-hybridized carbons (Fsp3) is 0.300. The number of aromatic hydroxyl groups is 1. The van der Waals surface area contributed by atoms with Gasteiger partial charge in [-0.25, -0.2) is 0 Å². The Labute approximate surface area is 146 Å². The maximum atomic E-state index is 12.8. The molecule has 2 aromatic carbocycles. The van der Waals surface area contributed by atoms with E-state index in [-0.39, 0.29) is 23.9 Å². The SMILES string of the molecule is Cc1cc(C(=O)Cc2ccccc2C(=O)N2CCOCC2)ccc1O. The molecular formula is C20H21NO4. The molecule has 3 rings (SSSR count). The number of carbonyl (C=O) groups is 2. The van der Waals surface area contributed by atoms with E-state index in [1.54, 1.807) is 30.0 Å². The van der Waals surface area contributed by atoms with Crippen LogP contribution in [0, 0.1) is 6.92 Å². The summed E-state index contributed by atoms with van der Waals surface area (Å²) in [4.78, 5) is 27.1. The van der Waals surface area contributed by atoms with Crippen LogP contribution in [-0.2, 0) is 11.2 Å². The maximum Gasteiger partial charge on any atom is 0.254 e. The van der Waals surface area contributed by atoms with Gasteiger partial charge in [-0.2, -0.15) is 0 Å². The summed E-state index contributed by atoms with van der Waals surface area (Å²) in [5.41, 5.74) is 2.47. The minimum Gasteiger partial charge on any atom is -0.508 e. The number of hydrogen-bond donors (Lipinski definition) is 1. The number of nitrogens with zero attached hydrogens (tertiary/aromatic N) is 1. The van der Waals surface area contributed by atoms with Crippen LogP contribution >= 0.6 is 0 Å². The van der Waals surface area contributed by atoms with E-state index in [2.05, 4.69) is 0 Å². The Morgan fingerprint density at radius 2 is 1.84 bits per heavy atom. The highest BCUT2D eigenvalue weighted by molar-refractivity contribution is 6.01. The average Bonchev–Trinajstić information content (AvgIpc) is 2.64. The van der Waals surface area contributed by atoms with E-state index >= 15 is 0 Å². The van der Waals surface area contributed by atoms with E-state index in [4.69, 9.17) is 4.74 Å². The number of ether oxygens (including phenoxy) is 1. The molecule has 1 aliphatic heterocycles. The molecular weight excluding hydrogens is 318 g/mol. The summed E-state index contributed by atoms with van der Waals surface area (Å²) >= 11 is 0. The van der Waals surface area contributed by atoms with Crippen molar-refractivity contribution in [3.8, 4) is 5.75 Å². The van der Waals surface area contributed by atoms with Crippen molar-refractivity contribution in [2.24, 2.45) is 0 Å². The number of Topliss-reactive ketones (excluding diaryl/α,β-unsaturated/α-hetero) is 1. The van der Waals surface area contributed by atoms with E-state index in [9.17, 15) is 14.7 Å². The molecule has 130 valence electrons. The summed E-state index contributed by atoms with van der Waals surface area (Å²) < 4.78 is 5.29. The van der Waals surface area contributed by atoms with Crippen LogP contribution in [0.2, 0.25) is 0 Å². The van der Waals surface area contributed by atoms with Crippen LogP contribution in [0.1, 0.15) is 31.8 Å². The van der Waals surface area contributed by atoms with Gasteiger partial charge < -0.3 is 14.7 Å². The number of phenolic OH excluding ortho intramolecular Hbond substituents is 1. The zero-order valence-corrected chi connectivity index (χ0v) is 14.2. The minimum atomic E-state index is -0.0784. The zero-order valence-electron chi connectivity index (χ0n) is 14.2. The molecule has 2 aromatic rings. The van der Waals surface area contributed by atoms with Crippen molar-refractivity contribution in [1.29, 1.82) is 0 Å². The van der Waals surface area contributed by atoms with Crippen LogP contribution in [0.4, 0.5) is 0 Å². The second-order valence-corrected chi connectivity index (χ2v) is 6.16. The Morgan fingerprint density at radius 3 is 2.56 bits per heavy atom. The number of morpholine rings is 1. The Bertz CT molecular complexity index is 794. The van der Waals surface area contributed by atoms with Gasteiger partial charge in [0.2, 0.25) is 0 Å². The molecule has 0 aliphatic carbocycles. The number of carbonyl (C=O) groups excluding carboxylic acids is 2. The first-order valence-electron chi connectivity index (χ1n) is 8.34. The molecule has 1 saturated heterocycles. The highest BCUT2D eigenvalue weighted by Crippen LogP contribution is 2.20. The molecule has 1 fully saturated rings. The molecule has 1 N–H and O–H groups in total. The van der Waals surface area contributed by atoms with Gasteiger partial charge in [-0.3, -0.25) is 9.59 Å². The molecule has 25 heavy (non-hydrogen) atoms.